The maximum atomic E-state index is 6.42. The Morgan fingerprint density at radius 1 is 0.962 bits per heavy atom. The van der Waals surface area contributed by atoms with E-state index >= 15 is 0 Å². The van der Waals surface area contributed by atoms with Crippen molar-refractivity contribution in [2.24, 2.45) is 0 Å². The predicted molar refractivity (Wildman–Crippen MR) is 108 cm³/mol. The first kappa shape index (κ1) is 17.8. The summed E-state index contributed by atoms with van der Waals surface area (Å²) < 4.78 is 2.28. The number of nitrogens with zero attached hydrogens (tertiary/aromatic N) is 4. The Kier molecular flexibility index (Phi) is 5.18. The van der Waals surface area contributed by atoms with Crippen molar-refractivity contribution in [3.8, 4) is 0 Å². The standard InChI is InChI=1S/C20H22Cl2N4/c1-24-8-10-25(11-9-24)14-20-23-18-4-2-3-5-19(18)26(20)13-15-6-7-16(21)12-17(15)22/h2-7,12H,8-11,13-14H2,1H3. The number of likely N-dealkylation sites (N-methyl/N-ethyl adjacent to an activating group) is 1. The van der Waals surface area contributed by atoms with Crippen LogP contribution in [0.5, 0.6) is 0 Å². The molecule has 2 aromatic carbocycles. The van der Waals surface area contributed by atoms with Crippen LogP contribution in [0, 0.1) is 0 Å². The van der Waals surface area contributed by atoms with Gasteiger partial charge in [0.05, 0.1) is 24.1 Å². The largest absolute Gasteiger partial charge is 0.322 e. The van der Waals surface area contributed by atoms with Gasteiger partial charge in [0.2, 0.25) is 0 Å². The molecule has 3 aromatic rings. The summed E-state index contributed by atoms with van der Waals surface area (Å²) in [6.45, 7) is 5.89. The Balaban J connectivity index is 1.67. The van der Waals surface area contributed by atoms with E-state index in [4.69, 9.17) is 28.2 Å². The summed E-state index contributed by atoms with van der Waals surface area (Å²) in [4.78, 5) is 9.75. The molecule has 4 rings (SSSR count). The van der Waals surface area contributed by atoms with E-state index in [9.17, 15) is 0 Å². The summed E-state index contributed by atoms with van der Waals surface area (Å²) in [6.07, 6.45) is 0. The number of para-hydroxylation sites is 2. The number of fused-ring (bicyclic) bond motifs is 1. The van der Waals surface area contributed by atoms with Crippen LogP contribution in [0.2, 0.25) is 10.0 Å². The van der Waals surface area contributed by atoms with Crippen LogP contribution in [0.4, 0.5) is 0 Å². The van der Waals surface area contributed by atoms with Crippen LogP contribution in [0.3, 0.4) is 0 Å². The third kappa shape index (κ3) is 3.74. The van der Waals surface area contributed by atoms with E-state index in [1.54, 1.807) is 6.07 Å². The molecule has 6 heteroatoms. The first-order valence-corrected chi connectivity index (χ1v) is 9.65. The Hall–Kier alpha value is -1.59. The van der Waals surface area contributed by atoms with Crippen molar-refractivity contribution >= 4 is 34.2 Å². The summed E-state index contributed by atoms with van der Waals surface area (Å²) >= 11 is 12.5. The summed E-state index contributed by atoms with van der Waals surface area (Å²) in [5, 5.41) is 1.35. The normalized spacial score (nSPS) is 16.4. The molecule has 0 aliphatic carbocycles. The highest BCUT2D eigenvalue weighted by Gasteiger charge is 2.18. The second-order valence-electron chi connectivity index (χ2n) is 6.92. The molecule has 0 amide bonds. The monoisotopic (exact) mass is 388 g/mol. The van der Waals surface area contributed by atoms with Crippen LogP contribution in [0.15, 0.2) is 42.5 Å². The molecular formula is C20H22Cl2N4. The summed E-state index contributed by atoms with van der Waals surface area (Å²) in [5.41, 5.74) is 3.23. The molecule has 0 atom stereocenters. The second-order valence-corrected chi connectivity index (χ2v) is 7.76. The molecule has 136 valence electrons. The van der Waals surface area contributed by atoms with Crippen molar-refractivity contribution in [1.29, 1.82) is 0 Å². The lowest BCUT2D eigenvalue weighted by molar-refractivity contribution is 0.144. The van der Waals surface area contributed by atoms with Gasteiger partial charge in [0, 0.05) is 36.2 Å². The minimum atomic E-state index is 0.659. The molecule has 0 N–H and O–H groups in total. The first-order valence-electron chi connectivity index (χ1n) is 8.89. The molecule has 0 spiro atoms. The average Bonchev–Trinajstić information content (AvgIpc) is 2.97. The number of hydrogen-bond donors (Lipinski definition) is 0. The second kappa shape index (κ2) is 7.57. The number of hydrogen-bond acceptors (Lipinski definition) is 3. The Bertz CT molecular complexity index is 913. The van der Waals surface area contributed by atoms with E-state index in [1.165, 1.54) is 0 Å². The molecule has 1 aliphatic heterocycles. The van der Waals surface area contributed by atoms with Crippen molar-refractivity contribution in [2.45, 2.75) is 13.1 Å². The van der Waals surface area contributed by atoms with Crippen LogP contribution in [-0.4, -0.2) is 52.6 Å². The fourth-order valence-electron chi connectivity index (χ4n) is 3.45. The molecular weight excluding hydrogens is 367 g/mol. The first-order chi connectivity index (χ1) is 12.6. The lowest BCUT2D eigenvalue weighted by Gasteiger charge is -2.32. The highest BCUT2D eigenvalue weighted by Crippen LogP contribution is 2.25. The van der Waals surface area contributed by atoms with Crippen molar-refractivity contribution in [2.75, 3.05) is 33.2 Å². The molecule has 26 heavy (non-hydrogen) atoms. The fourth-order valence-corrected chi connectivity index (χ4v) is 3.92. The maximum Gasteiger partial charge on any atom is 0.124 e. The van der Waals surface area contributed by atoms with Gasteiger partial charge in [0.25, 0.3) is 0 Å². The van der Waals surface area contributed by atoms with E-state index < -0.39 is 0 Å². The van der Waals surface area contributed by atoms with Crippen LogP contribution in [-0.2, 0) is 13.1 Å². The number of piperazine rings is 1. The van der Waals surface area contributed by atoms with Crippen molar-refractivity contribution in [3.63, 3.8) is 0 Å². The van der Waals surface area contributed by atoms with Gasteiger partial charge < -0.3 is 9.47 Å². The molecule has 1 fully saturated rings. The van der Waals surface area contributed by atoms with E-state index in [2.05, 4.69) is 39.6 Å². The summed E-state index contributed by atoms with van der Waals surface area (Å²) in [7, 11) is 2.18. The highest BCUT2D eigenvalue weighted by atomic mass is 35.5. The topological polar surface area (TPSA) is 24.3 Å². The predicted octanol–water partition coefficient (Wildman–Crippen LogP) is 4.14. The van der Waals surface area contributed by atoms with Gasteiger partial charge in [0.1, 0.15) is 5.82 Å². The zero-order valence-corrected chi connectivity index (χ0v) is 16.3. The maximum absolute atomic E-state index is 6.42. The van der Waals surface area contributed by atoms with Crippen molar-refractivity contribution in [1.82, 2.24) is 19.4 Å². The lowest BCUT2D eigenvalue weighted by atomic mass is 10.2. The molecule has 1 aromatic heterocycles. The van der Waals surface area contributed by atoms with Crippen LogP contribution >= 0.6 is 23.2 Å². The third-order valence-corrected chi connectivity index (χ3v) is 5.63. The van der Waals surface area contributed by atoms with E-state index in [0.717, 1.165) is 55.1 Å². The molecule has 2 heterocycles. The van der Waals surface area contributed by atoms with Gasteiger partial charge in [-0.2, -0.15) is 0 Å². The van der Waals surface area contributed by atoms with Crippen LogP contribution in [0.1, 0.15) is 11.4 Å². The average molecular weight is 389 g/mol. The zero-order valence-electron chi connectivity index (χ0n) is 14.8. The van der Waals surface area contributed by atoms with E-state index in [0.29, 0.717) is 16.6 Å². The number of aromatic nitrogens is 2. The van der Waals surface area contributed by atoms with Crippen molar-refractivity contribution < 1.29 is 0 Å². The number of halogens is 2. The Labute approximate surface area is 163 Å². The fraction of sp³-hybridized carbons (Fsp3) is 0.350. The third-order valence-electron chi connectivity index (χ3n) is 5.04. The molecule has 1 saturated heterocycles. The van der Waals surface area contributed by atoms with E-state index in [-0.39, 0.29) is 0 Å². The minimum absolute atomic E-state index is 0.659. The summed E-state index contributed by atoms with van der Waals surface area (Å²) in [5.74, 6) is 1.08. The van der Waals surface area contributed by atoms with Gasteiger partial charge >= 0.3 is 0 Å². The Morgan fingerprint density at radius 3 is 2.50 bits per heavy atom. The summed E-state index contributed by atoms with van der Waals surface area (Å²) in [6, 6.07) is 14.0. The number of rotatable bonds is 4. The smallest absolute Gasteiger partial charge is 0.124 e. The van der Waals surface area contributed by atoms with E-state index in [1.807, 2.05) is 18.2 Å². The lowest BCUT2D eigenvalue weighted by Crippen LogP contribution is -2.44. The molecule has 0 bridgehead atoms. The zero-order chi connectivity index (χ0) is 18.1. The van der Waals surface area contributed by atoms with Gasteiger partial charge in [-0.1, -0.05) is 41.4 Å². The number of benzene rings is 2. The van der Waals surface area contributed by atoms with Gasteiger partial charge in [-0.05, 0) is 36.9 Å². The van der Waals surface area contributed by atoms with Crippen LogP contribution in [0.25, 0.3) is 11.0 Å². The Morgan fingerprint density at radius 2 is 1.73 bits per heavy atom. The molecule has 1 aliphatic rings. The van der Waals surface area contributed by atoms with Gasteiger partial charge in [-0.3, -0.25) is 4.90 Å². The number of imidazole rings is 1. The molecule has 4 nitrogen and oxygen atoms in total. The van der Waals surface area contributed by atoms with Gasteiger partial charge in [-0.25, -0.2) is 4.98 Å². The molecule has 0 radical (unpaired) electrons. The minimum Gasteiger partial charge on any atom is -0.322 e. The molecule has 0 unspecified atom stereocenters. The van der Waals surface area contributed by atoms with Gasteiger partial charge in [-0.15, -0.1) is 0 Å². The SMILES string of the molecule is CN1CCN(Cc2nc3ccccc3n2Cc2ccc(Cl)cc2Cl)CC1. The van der Waals surface area contributed by atoms with Crippen LogP contribution < -0.4 is 0 Å². The van der Waals surface area contributed by atoms with Crippen molar-refractivity contribution in [3.05, 3.63) is 63.9 Å². The molecule has 0 saturated carbocycles. The van der Waals surface area contributed by atoms with Gasteiger partial charge in [0.15, 0.2) is 0 Å². The quantitative estimate of drug-likeness (QED) is 0.671. The highest BCUT2D eigenvalue weighted by molar-refractivity contribution is 6.35.